The molecule has 2 aliphatic rings. The smallest absolute Gasteiger partial charge is 0.242 e. The summed E-state index contributed by atoms with van der Waals surface area (Å²) in [6.45, 7) is 1.23. The van der Waals surface area contributed by atoms with Crippen LogP contribution in [0.4, 0.5) is 5.69 Å². The summed E-state index contributed by atoms with van der Waals surface area (Å²) in [7, 11) is -8.92. The van der Waals surface area contributed by atoms with E-state index < -0.39 is 35.9 Å². The Kier molecular flexibility index (Phi) is 5.99. The van der Waals surface area contributed by atoms with Gasteiger partial charge in [0.2, 0.25) is 31.8 Å². The number of hydrogen-bond acceptors (Lipinski definition) is 10. The van der Waals surface area contributed by atoms with Crippen molar-refractivity contribution in [2.75, 3.05) is 24.5 Å². The quantitative estimate of drug-likeness (QED) is 0.292. The van der Waals surface area contributed by atoms with Gasteiger partial charge in [-0.15, -0.1) is 10.2 Å². The third-order valence-electron chi connectivity index (χ3n) is 5.38. The number of tetrazole rings is 1. The Morgan fingerprint density at radius 1 is 1.19 bits per heavy atom. The average Bonchev–Trinajstić information content (AvgIpc) is 3.40. The predicted molar refractivity (Wildman–Crippen MR) is 112 cm³/mol. The summed E-state index contributed by atoms with van der Waals surface area (Å²) in [5, 5.41) is 21.8. The number of sulfonamides is 2. The number of H-pyrrole nitrogens is 1. The summed E-state index contributed by atoms with van der Waals surface area (Å²) in [6, 6.07) is 1.72. The van der Waals surface area contributed by atoms with Gasteiger partial charge in [0.1, 0.15) is 9.79 Å². The minimum Gasteiger partial charge on any atom is -0.327 e. The van der Waals surface area contributed by atoms with E-state index in [1.807, 2.05) is 0 Å². The molecule has 0 bridgehead atoms. The summed E-state index contributed by atoms with van der Waals surface area (Å²) in [6.07, 6.45) is 1.06. The molecule has 1 aromatic heterocycles. The molecule has 7 N–H and O–H groups in total. The van der Waals surface area contributed by atoms with Crippen LogP contribution in [0.1, 0.15) is 19.3 Å². The Labute approximate surface area is 184 Å². The van der Waals surface area contributed by atoms with Crippen LogP contribution in [0.3, 0.4) is 0 Å². The van der Waals surface area contributed by atoms with Crippen LogP contribution in [0.25, 0.3) is 11.4 Å². The number of aromatic nitrogens is 4. The Bertz CT molecular complexity index is 1220. The van der Waals surface area contributed by atoms with Crippen LogP contribution < -0.4 is 25.8 Å². The molecule has 2 unspecified atom stereocenters. The molecular weight excluding hydrogens is 462 g/mol. The summed E-state index contributed by atoms with van der Waals surface area (Å²) in [4.78, 5) is 12.7. The lowest BCUT2D eigenvalue weighted by Crippen LogP contribution is -2.44. The van der Waals surface area contributed by atoms with Crippen molar-refractivity contribution < 1.29 is 21.6 Å². The fraction of sp³-hybridized carbons (Fsp3) is 0.500. The number of anilines is 1. The highest BCUT2D eigenvalue weighted by molar-refractivity contribution is 7.92. The van der Waals surface area contributed by atoms with Crippen molar-refractivity contribution in [1.82, 2.24) is 30.7 Å². The molecule has 0 saturated carbocycles. The van der Waals surface area contributed by atoms with Crippen LogP contribution in [0.5, 0.6) is 0 Å². The van der Waals surface area contributed by atoms with E-state index in [9.17, 15) is 21.6 Å². The second kappa shape index (κ2) is 8.45. The molecule has 0 aliphatic carbocycles. The van der Waals surface area contributed by atoms with E-state index in [1.165, 1.54) is 11.0 Å². The van der Waals surface area contributed by atoms with Crippen molar-refractivity contribution in [2.45, 2.75) is 41.1 Å². The first-order valence-electron chi connectivity index (χ1n) is 9.80. The molecular formula is C16H23N9O5S2. The summed E-state index contributed by atoms with van der Waals surface area (Å²) in [5.74, 6) is -0.564. The molecule has 0 spiro atoms. The van der Waals surface area contributed by atoms with Crippen molar-refractivity contribution in [3.05, 3.63) is 12.1 Å². The number of nitrogens with one attached hydrogen (secondary N) is 3. The van der Waals surface area contributed by atoms with Gasteiger partial charge in [-0.2, -0.15) is 5.21 Å². The van der Waals surface area contributed by atoms with E-state index in [4.69, 9.17) is 10.9 Å². The number of nitrogens with two attached hydrogens (primary N) is 2. The molecule has 4 rings (SSSR count). The van der Waals surface area contributed by atoms with E-state index in [0.29, 0.717) is 25.9 Å². The third-order valence-corrected chi connectivity index (χ3v) is 8.06. The zero-order chi connectivity index (χ0) is 23.1. The summed E-state index contributed by atoms with van der Waals surface area (Å²) in [5.41, 5.74) is 5.74. The molecule has 2 saturated heterocycles. The Morgan fingerprint density at radius 2 is 1.97 bits per heavy atom. The highest BCUT2D eigenvalue weighted by Crippen LogP contribution is 2.39. The number of piperidine rings is 1. The lowest BCUT2D eigenvalue weighted by atomic mass is 10.0. The monoisotopic (exact) mass is 485 g/mol. The minimum atomic E-state index is -4.62. The number of benzene rings is 1. The maximum Gasteiger partial charge on any atom is 0.242 e. The molecule has 3 heterocycles. The molecule has 16 heteroatoms. The van der Waals surface area contributed by atoms with Gasteiger partial charge in [0, 0.05) is 31.6 Å². The van der Waals surface area contributed by atoms with Crippen molar-refractivity contribution in [2.24, 2.45) is 10.9 Å². The lowest BCUT2D eigenvalue weighted by Gasteiger charge is -2.32. The van der Waals surface area contributed by atoms with Crippen molar-refractivity contribution in [3.63, 3.8) is 0 Å². The van der Waals surface area contributed by atoms with Gasteiger partial charge in [-0.25, -0.2) is 26.7 Å². The molecule has 14 nitrogen and oxygen atoms in total. The number of aromatic amines is 1. The van der Waals surface area contributed by atoms with Gasteiger partial charge in [-0.3, -0.25) is 4.79 Å². The van der Waals surface area contributed by atoms with Crippen molar-refractivity contribution in [3.8, 4) is 11.4 Å². The van der Waals surface area contributed by atoms with Crippen LogP contribution in [-0.4, -0.2) is 75.1 Å². The van der Waals surface area contributed by atoms with Crippen LogP contribution in [0.15, 0.2) is 21.9 Å². The number of primary sulfonamides is 1. The first-order valence-corrected chi connectivity index (χ1v) is 12.8. The van der Waals surface area contributed by atoms with Gasteiger partial charge in [0.15, 0.2) is 0 Å². The fourth-order valence-corrected chi connectivity index (χ4v) is 6.77. The SMILES string of the molecule is NC1CCN(c2ccc(S(=O)(=O)NC3CCNC3)c(S(N)(=O)=O)c2-c2nn[nH]n2)C(=O)C1. The number of carbonyl (C=O) groups excluding carboxylic acids is 1. The minimum absolute atomic E-state index is 0.0483. The second-order valence-electron chi connectivity index (χ2n) is 7.68. The van der Waals surface area contributed by atoms with Crippen molar-refractivity contribution in [1.29, 1.82) is 0 Å². The zero-order valence-electron chi connectivity index (χ0n) is 16.9. The highest BCUT2D eigenvalue weighted by atomic mass is 32.2. The highest BCUT2D eigenvalue weighted by Gasteiger charge is 2.36. The van der Waals surface area contributed by atoms with E-state index in [0.717, 1.165) is 6.07 Å². The molecule has 2 atom stereocenters. The summed E-state index contributed by atoms with van der Waals surface area (Å²) >= 11 is 0. The lowest BCUT2D eigenvalue weighted by molar-refractivity contribution is -0.119. The normalized spacial score (nSPS) is 22.4. The molecule has 1 aromatic carbocycles. The molecule has 2 aromatic rings. The van der Waals surface area contributed by atoms with E-state index in [2.05, 4.69) is 30.7 Å². The van der Waals surface area contributed by atoms with E-state index in [1.54, 1.807) is 0 Å². The first-order chi connectivity index (χ1) is 15.1. The molecule has 1 amide bonds. The van der Waals surface area contributed by atoms with Gasteiger partial charge >= 0.3 is 0 Å². The van der Waals surface area contributed by atoms with Crippen molar-refractivity contribution >= 4 is 31.6 Å². The first kappa shape index (κ1) is 22.7. The molecule has 32 heavy (non-hydrogen) atoms. The molecule has 2 fully saturated rings. The molecule has 174 valence electrons. The molecule has 2 aliphatic heterocycles. The maximum atomic E-state index is 13.2. The van der Waals surface area contributed by atoms with E-state index >= 15 is 0 Å². The number of rotatable bonds is 6. The Hall–Kier alpha value is -2.50. The average molecular weight is 486 g/mol. The van der Waals surface area contributed by atoms with Crippen LogP contribution in [0.2, 0.25) is 0 Å². The fourth-order valence-electron chi connectivity index (χ4n) is 3.91. The van der Waals surface area contributed by atoms with Gasteiger partial charge in [0.25, 0.3) is 0 Å². The van der Waals surface area contributed by atoms with Gasteiger partial charge in [-0.1, -0.05) is 0 Å². The predicted octanol–water partition coefficient (Wildman–Crippen LogP) is -2.39. The van der Waals surface area contributed by atoms with E-state index in [-0.39, 0.29) is 42.0 Å². The van der Waals surface area contributed by atoms with Gasteiger partial charge in [-0.05, 0) is 36.7 Å². The maximum absolute atomic E-state index is 13.2. The van der Waals surface area contributed by atoms with Crippen LogP contribution in [-0.2, 0) is 24.8 Å². The van der Waals surface area contributed by atoms with Gasteiger partial charge < -0.3 is 16.0 Å². The number of nitrogens with zero attached hydrogens (tertiary/aromatic N) is 4. The van der Waals surface area contributed by atoms with Crippen LogP contribution in [0, 0.1) is 0 Å². The number of amides is 1. The zero-order valence-corrected chi connectivity index (χ0v) is 18.5. The van der Waals surface area contributed by atoms with Crippen LogP contribution >= 0.6 is 0 Å². The third kappa shape index (κ3) is 4.37. The second-order valence-corrected chi connectivity index (χ2v) is 10.9. The number of carbonyl (C=O) groups is 1. The Morgan fingerprint density at radius 3 is 2.56 bits per heavy atom. The Balaban J connectivity index is 1.94. The standard InChI is InChI=1S/C16H23N9O5S2/c17-9-4-6-25(13(26)7-9)11-1-2-12(32(29,30)22-10-3-5-19-8-10)15(31(18,27)28)14(11)16-20-23-24-21-16/h1-2,9-10,19,22H,3-8,17H2,(H2,18,27,28)(H,20,21,23,24). The van der Waals surface area contributed by atoms with Gasteiger partial charge in [0.05, 0.1) is 11.3 Å². The largest absolute Gasteiger partial charge is 0.327 e. The molecule has 0 radical (unpaired) electrons. The number of hydrogen-bond donors (Lipinski definition) is 5. The summed E-state index contributed by atoms with van der Waals surface area (Å²) < 4.78 is 54.2. The topological polar surface area (TPSA) is 219 Å².